The zero-order valence-corrected chi connectivity index (χ0v) is 14.2. The number of carbonyl (C=O) groups is 3. The summed E-state index contributed by atoms with van der Waals surface area (Å²) in [6, 6.07) is 9.29. The number of carbonyl (C=O) groups excluding carboxylic acids is 3. The van der Waals surface area contributed by atoms with Crippen molar-refractivity contribution in [3.63, 3.8) is 0 Å². The van der Waals surface area contributed by atoms with Crippen molar-refractivity contribution in [1.29, 1.82) is 0 Å². The maximum absolute atomic E-state index is 11.9. The second-order valence-electron chi connectivity index (χ2n) is 5.08. The van der Waals surface area contributed by atoms with E-state index in [4.69, 9.17) is 0 Å². The van der Waals surface area contributed by atoms with Gasteiger partial charge in [-0.15, -0.1) is 11.3 Å². The molecule has 0 saturated carbocycles. The molecule has 126 valence electrons. The lowest BCUT2D eigenvalue weighted by Gasteiger charge is -2.07. The van der Waals surface area contributed by atoms with E-state index in [0.717, 1.165) is 5.56 Å². The lowest BCUT2D eigenvalue weighted by molar-refractivity contribution is -0.123. The van der Waals surface area contributed by atoms with Crippen molar-refractivity contribution in [3.8, 4) is 0 Å². The van der Waals surface area contributed by atoms with Crippen LogP contribution in [0.1, 0.15) is 21.5 Å². The van der Waals surface area contributed by atoms with Gasteiger partial charge in [0, 0.05) is 5.38 Å². The second kappa shape index (κ2) is 8.26. The maximum Gasteiger partial charge on any atom is 0.339 e. The van der Waals surface area contributed by atoms with E-state index in [0.29, 0.717) is 16.1 Å². The third kappa shape index (κ3) is 4.66. The number of benzene rings is 1. The van der Waals surface area contributed by atoms with Crippen LogP contribution in [0, 0.1) is 6.92 Å². The molecule has 0 spiro atoms. The third-order valence-electron chi connectivity index (χ3n) is 3.35. The number of thiophene rings is 1. The Balaban J connectivity index is 1.84. The first-order valence-corrected chi connectivity index (χ1v) is 8.16. The molecule has 2 rings (SSSR count). The van der Waals surface area contributed by atoms with Gasteiger partial charge in [0.05, 0.1) is 30.6 Å². The van der Waals surface area contributed by atoms with Gasteiger partial charge in [0.25, 0.3) is 0 Å². The molecule has 0 unspecified atom stereocenters. The quantitative estimate of drug-likeness (QED) is 0.785. The topological polar surface area (TPSA) is 84.5 Å². The number of methoxy groups -OCH3 is 1. The van der Waals surface area contributed by atoms with E-state index in [1.807, 2.05) is 30.3 Å². The smallest absolute Gasteiger partial charge is 0.339 e. The molecule has 2 N–H and O–H groups in total. The second-order valence-corrected chi connectivity index (χ2v) is 5.96. The van der Waals surface area contributed by atoms with Crippen molar-refractivity contribution in [2.45, 2.75) is 13.3 Å². The summed E-state index contributed by atoms with van der Waals surface area (Å²) in [5.41, 5.74) is 1.95. The van der Waals surface area contributed by atoms with Gasteiger partial charge in [-0.25, -0.2) is 4.79 Å². The minimum atomic E-state index is -0.444. The van der Waals surface area contributed by atoms with E-state index in [-0.39, 0.29) is 24.8 Å². The molecule has 1 aromatic heterocycles. The Morgan fingerprint density at radius 3 is 2.50 bits per heavy atom. The first-order valence-electron chi connectivity index (χ1n) is 7.28. The van der Waals surface area contributed by atoms with Crippen LogP contribution in [0.15, 0.2) is 35.7 Å². The number of ether oxygens (including phenoxy) is 1. The maximum atomic E-state index is 11.9. The molecule has 1 heterocycles. The fourth-order valence-electron chi connectivity index (χ4n) is 2.04. The molecule has 0 bridgehead atoms. The minimum absolute atomic E-state index is 0.128. The van der Waals surface area contributed by atoms with Crippen molar-refractivity contribution in [2.24, 2.45) is 0 Å². The van der Waals surface area contributed by atoms with E-state index in [9.17, 15) is 14.4 Å². The first kappa shape index (κ1) is 17.7. The van der Waals surface area contributed by atoms with Crippen molar-refractivity contribution in [3.05, 3.63) is 52.4 Å². The van der Waals surface area contributed by atoms with Crippen molar-refractivity contribution in [1.82, 2.24) is 5.32 Å². The Labute approximate surface area is 143 Å². The third-order valence-corrected chi connectivity index (χ3v) is 4.35. The van der Waals surface area contributed by atoms with E-state index in [1.165, 1.54) is 18.4 Å². The average molecular weight is 346 g/mol. The highest BCUT2D eigenvalue weighted by Crippen LogP contribution is 2.27. The van der Waals surface area contributed by atoms with Gasteiger partial charge in [0.15, 0.2) is 0 Å². The summed E-state index contributed by atoms with van der Waals surface area (Å²) < 4.78 is 4.67. The van der Waals surface area contributed by atoms with Crippen LogP contribution in [0.2, 0.25) is 0 Å². The SMILES string of the molecule is COC(=O)c1csc(NC(=O)CNC(=O)Cc2ccccc2)c1C. The van der Waals surface area contributed by atoms with Gasteiger partial charge in [-0.3, -0.25) is 9.59 Å². The van der Waals surface area contributed by atoms with E-state index in [2.05, 4.69) is 15.4 Å². The van der Waals surface area contributed by atoms with Gasteiger partial charge in [-0.1, -0.05) is 30.3 Å². The van der Waals surface area contributed by atoms with Crippen molar-refractivity contribution < 1.29 is 19.1 Å². The van der Waals surface area contributed by atoms with E-state index in [1.54, 1.807) is 12.3 Å². The molecular formula is C17H18N2O4S. The molecular weight excluding hydrogens is 328 g/mol. The van der Waals surface area contributed by atoms with Gasteiger partial charge in [-0.2, -0.15) is 0 Å². The molecule has 24 heavy (non-hydrogen) atoms. The molecule has 7 heteroatoms. The molecule has 0 fully saturated rings. The molecule has 2 amide bonds. The summed E-state index contributed by atoms with van der Waals surface area (Å²) in [6.45, 7) is 1.60. The normalized spacial score (nSPS) is 10.1. The monoisotopic (exact) mass is 346 g/mol. The Bertz CT molecular complexity index is 740. The predicted octanol–water partition coefficient (Wildman–Crippen LogP) is 2.14. The van der Waals surface area contributed by atoms with Crippen LogP contribution in [-0.4, -0.2) is 31.4 Å². The van der Waals surface area contributed by atoms with Crippen LogP contribution in [0.3, 0.4) is 0 Å². The van der Waals surface area contributed by atoms with Gasteiger partial charge >= 0.3 is 5.97 Å². The lowest BCUT2D eigenvalue weighted by Crippen LogP contribution is -2.33. The number of hydrogen-bond acceptors (Lipinski definition) is 5. The molecule has 0 radical (unpaired) electrons. The number of nitrogens with one attached hydrogen (secondary N) is 2. The highest BCUT2D eigenvalue weighted by Gasteiger charge is 2.16. The Morgan fingerprint density at radius 2 is 1.83 bits per heavy atom. The number of rotatable bonds is 6. The Kier molecular flexibility index (Phi) is 6.08. The first-order chi connectivity index (χ1) is 11.5. The zero-order chi connectivity index (χ0) is 17.5. The van der Waals surface area contributed by atoms with Gasteiger partial charge in [0.2, 0.25) is 11.8 Å². The minimum Gasteiger partial charge on any atom is -0.465 e. The largest absolute Gasteiger partial charge is 0.465 e. The molecule has 1 aromatic carbocycles. The van der Waals surface area contributed by atoms with Gasteiger partial charge in [-0.05, 0) is 18.1 Å². The summed E-state index contributed by atoms with van der Waals surface area (Å²) in [4.78, 5) is 35.3. The molecule has 2 aromatic rings. The molecule has 6 nitrogen and oxygen atoms in total. The fraction of sp³-hybridized carbons (Fsp3) is 0.235. The highest BCUT2D eigenvalue weighted by atomic mass is 32.1. The summed E-state index contributed by atoms with van der Waals surface area (Å²) in [5.74, 6) is -1.02. The molecule has 0 aliphatic carbocycles. The van der Waals surface area contributed by atoms with Crippen LogP contribution < -0.4 is 10.6 Å². The Hall–Kier alpha value is -2.67. The van der Waals surface area contributed by atoms with Crippen LogP contribution in [0.4, 0.5) is 5.00 Å². The van der Waals surface area contributed by atoms with Crippen molar-refractivity contribution >= 4 is 34.1 Å². The average Bonchev–Trinajstić information content (AvgIpc) is 2.94. The predicted molar refractivity (Wildman–Crippen MR) is 92.2 cm³/mol. The fourth-order valence-corrected chi connectivity index (χ4v) is 3.01. The number of hydrogen-bond donors (Lipinski definition) is 2. The molecule has 0 saturated heterocycles. The molecule has 0 aliphatic heterocycles. The summed E-state index contributed by atoms with van der Waals surface area (Å²) >= 11 is 1.24. The summed E-state index contributed by atoms with van der Waals surface area (Å²) in [6.07, 6.45) is 0.221. The lowest BCUT2D eigenvalue weighted by atomic mass is 10.1. The molecule has 0 aliphatic rings. The highest BCUT2D eigenvalue weighted by molar-refractivity contribution is 7.14. The van der Waals surface area contributed by atoms with Crippen LogP contribution >= 0.6 is 11.3 Å². The van der Waals surface area contributed by atoms with Gasteiger partial charge in [0.1, 0.15) is 0 Å². The zero-order valence-electron chi connectivity index (χ0n) is 13.4. The van der Waals surface area contributed by atoms with Gasteiger partial charge < -0.3 is 15.4 Å². The summed E-state index contributed by atoms with van der Waals surface area (Å²) in [7, 11) is 1.31. The van der Waals surface area contributed by atoms with E-state index >= 15 is 0 Å². The number of esters is 1. The van der Waals surface area contributed by atoms with Crippen LogP contribution in [-0.2, 0) is 20.7 Å². The van der Waals surface area contributed by atoms with E-state index < -0.39 is 5.97 Å². The Morgan fingerprint density at radius 1 is 1.12 bits per heavy atom. The van der Waals surface area contributed by atoms with Crippen molar-refractivity contribution in [2.75, 3.05) is 19.0 Å². The van der Waals surface area contributed by atoms with Crippen LogP contribution in [0.25, 0.3) is 0 Å². The number of anilines is 1. The standard InChI is InChI=1S/C17H18N2O4S/c1-11-13(17(22)23-2)10-24-16(11)19-15(21)9-18-14(20)8-12-6-4-3-5-7-12/h3-7,10H,8-9H2,1-2H3,(H,18,20)(H,19,21). The number of amides is 2. The summed E-state index contributed by atoms with van der Waals surface area (Å²) in [5, 5.41) is 7.46. The molecule has 0 atom stereocenters. The van der Waals surface area contributed by atoms with Crippen LogP contribution in [0.5, 0.6) is 0 Å².